The van der Waals surface area contributed by atoms with Gasteiger partial charge >= 0.3 is 5.97 Å². The van der Waals surface area contributed by atoms with Gasteiger partial charge in [-0.1, -0.05) is 42.5 Å². The Morgan fingerprint density at radius 3 is 2.55 bits per heavy atom. The molecule has 0 saturated heterocycles. The predicted octanol–water partition coefficient (Wildman–Crippen LogP) is 3.18. The first-order chi connectivity index (χ1) is 9.75. The van der Waals surface area contributed by atoms with Crippen LogP contribution in [0.3, 0.4) is 0 Å². The highest BCUT2D eigenvalue weighted by Gasteiger charge is 2.25. The van der Waals surface area contributed by atoms with Crippen molar-refractivity contribution in [3.63, 3.8) is 0 Å². The molecule has 20 heavy (non-hydrogen) atoms. The van der Waals surface area contributed by atoms with Crippen LogP contribution in [0.4, 0.5) is 0 Å². The molecule has 1 aromatic rings. The van der Waals surface area contributed by atoms with Crippen LogP contribution in [-0.4, -0.2) is 24.2 Å². The average Bonchev–Trinajstić information content (AvgIpc) is 2.48. The summed E-state index contributed by atoms with van der Waals surface area (Å²) < 4.78 is 0. The van der Waals surface area contributed by atoms with Gasteiger partial charge in [-0.05, 0) is 43.7 Å². The second-order valence-electron chi connectivity index (χ2n) is 5.53. The molecule has 0 radical (unpaired) electrons. The van der Waals surface area contributed by atoms with Crippen molar-refractivity contribution in [1.29, 1.82) is 0 Å². The van der Waals surface area contributed by atoms with Crippen LogP contribution in [-0.2, 0) is 4.79 Å². The van der Waals surface area contributed by atoms with Crippen molar-refractivity contribution in [3.8, 4) is 0 Å². The van der Waals surface area contributed by atoms with Gasteiger partial charge in [0.1, 0.15) is 0 Å². The molecule has 1 aliphatic rings. The molecule has 1 aliphatic carbocycles. The van der Waals surface area contributed by atoms with Gasteiger partial charge in [0.25, 0.3) is 0 Å². The van der Waals surface area contributed by atoms with Gasteiger partial charge in [0.2, 0.25) is 0 Å². The Hall–Kier alpha value is -1.61. The molecule has 0 spiro atoms. The van der Waals surface area contributed by atoms with Gasteiger partial charge in [0.15, 0.2) is 0 Å². The van der Waals surface area contributed by atoms with Crippen molar-refractivity contribution in [3.05, 3.63) is 42.0 Å². The summed E-state index contributed by atoms with van der Waals surface area (Å²) in [7, 11) is 0. The highest BCUT2D eigenvalue weighted by molar-refractivity contribution is 5.69. The van der Waals surface area contributed by atoms with E-state index in [0.717, 1.165) is 38.8 Å². The quantitative estimate of drug-likeness (QED) is 0.783. The molecule has 108 valence electrons. The molecule has 2 rings (SSSR count). The second kappa shape index (κ2) is 7.85. The molecule has 1 fully saturated rings. The molecular formula is C17H23NO2. The zero-order valence-corrected chi connectivity index (χ0v) is 11.8. The number of carboxylic acid groups (broad SMARTS) is 1. The van der Waals surface area contributed by atoms with Crippen molar-refractivity contribution in [1.82, 2.24) is 5.32 Å². The monoisotopic (exact) mass is 273 g/mol. The van der Waals surface area contributed by atoms with E-state index in [1.54, 1.807) is 0 Å². The molecule has 2 N–H and O–H groups in total. The van der Waals surface area contributed by atoms with Gasteiger partial charge in [-0.2, -0.15) is 0 Å². The van der Waals surface area contributed by atoms with Crippen molar-refractivity contribution in [2.75, 3.05) is 13.1 Å². The maximum Gasteiger partial charge on any atom is 0.306 e. The molecule has 0 bridgehead atoms. The van der Waals surface area contributed by atoms with E-state index >= 15 is 0 Å². The largest absolute Gasteiger partial charge is 0.481 e. The van der Waals surface area contributed by atoms with Crippen LogP contribution in [0.2, 0.25) is 0 Å². The molecule has 0 unspecified atom stereocenters. The number of hydrogen-bond acceptors (Lipinski definition) is 2. The minimum atomic E-state index is -0.623. The summed E-state index contributed by atoms with van der Waals surface area (Å²) in [6.45, 7) is 1.86. The first-order valence-electron chi connectivity index (χ1n) is 7.41. The van der Waals surface area contributed by atoms with E-state index in [1.165, 1.54) is 5.56 Å². The number of benzene rings is 1. The standard InChI is InChI=1S/C17H23NO2/c19-17(20)16-10-8-15(9-11-16)13-18-12-4-7-14-5-2-1-3-6-14/h1-7,15-16,18H,8-13H2,(H,19,20)/b7-4+. The van der Waals surface area contributed by atoms with E-state index in [2.05, 4.69) is 29.6 Å². The molecule has 0 heterocycles. The number of carboxylic acids is 1. The van der Waals surface area contributed by atoms with E-state index in [1.807, 2.05) is 18.2 Å². The van der Waals surface area contributed by atoms with Crippen molar-refractivity contribution >= 4 is 12.0 Å². The Morgan fingerprint density at radius 1 is 1.20 bits per heavy atom. The lowest BCUT2D eigenvalue weighted by Gasteiger charge is -2.26. The van der Waals surface area contributed by atoms with Gasteiger partial charge in [0, 0.05) is 6.54 Å². The first-order valence-corrected chi connectivity index (χ1v) is 7.41. The summed E-state index contributed by atoms with van der Waals surface area (Å²) in [5.74, 6) is -0.0952. The predicted molar refractivity (Wildman–Crippen MR) is 81.4 cm³/mol. The van der Waals surface area contributed by atoms with Gasteiger partial charge in [-0.15, -0.1) is 0 Å². The Balaban J connectivity index is 1.60. The summed E-state index contributed by atoms with van der Waals surface area (Å²) in [4.78, 5) is 10.9. The molecular weight excluding hydrogens is 250 g/mol. The summed E-state index contributed by atoms with van der Waals surface area (Å²) in [6, 6.07) is 10.3. The van der Waals surface area contributed by atoms with Crippen molar-refractivity contribution in [2.45, 2.75) is 25.7 Å². The summed E-state index contributed by atoms with van der Waals surface area (Å²) >= 11 is 0. The maximum absolute atomic E-state index is 10.9. The van der Waals surface area contributed by atoms with Gasteiger partial charge in [-0.25, -0.2) is 0 Å². The molecule has 0 atom stereocenters. The zero-order valence-electron chi connectivity index (χ0n) is 11.8. The number of nitrogens with one attached hydrogen (secondary N) is 1. The number of hydrogen-bond donors (Lipinski definition) is 2. The maximum atomic E-state index is 10.9. The smallest absolute Gasteiger partial charge is 0.306 e. The van der Waals surface area contributed by atoms with Crippen LogP contribution < -0.4 is 5.32 Å². The molecule has 1 aromatic carbocycles. The van der Waals surface area contributed by atoms with Crippen molar-refractivity contribution in [2.24, 2.45) is 11.8 Å². The minimum absolute atomic E-state index is 0.107. The lowest BCUT2D eigenvalue weighted by Crippen LogP contribution is -2.28. The Kier molecular flexibility index (Phi) is 5.81. The fraction of sp³-hybridized carbons (Fsp3) is 0.471. The van der Waals surface area contributed by atoms with Crippen molar-refractivity contribution < 1.29 is 9.90 Å². The Morgan fingerprint density at radius 2 is 1.90 bits per heavy atom. The molecule has 1 saturated carbocycles. The molecule has 0 amide bonds. The van der Waals surface area contributed by atoms with Crippen LogP contribution in [0.25, 0.3) is 6.08 Å². The fourth-order valence-corrected chi connectivity index (χ4v) is 2.74. The number of rotatable bonds is 6. The number of aliphatic carboxylic acids is 1. The van der Waals surface area contributed by atoms with Gasteiger partial charge in [-0.3, -0.25) is 4.79 Å². The fourth-order valence-electron chi connectivity index (χ4n) is 2.74. The van der Waals surface area contributed by atoms with E-state index in [9.17, 15) is 4.79 Å². The van der Waals surface area contributed by atoms with Crippen LogP contribution in [0.1, 0.15) is 31.2 Å². The lowest BCUT2D eigenvalue weighted by atomic mass is 9.82. The highest BCUT2D eigenvalue weighted by Crippen LogP contribution is 2.28. The van der Waals surface area contributed by atoms with Crippen LogP contribution >= 0.6 is 0 Å². The third-order valence-corrected chi connectivity index (χ3v) is 4.00. The van der Waals surface area contributed by atoms with E-state index < -0.39 is 5.97 Å². The van der Waals surface area contributed by atoms with Gasteiger partial charge in [0.05, 0.1) is 5.92 Å². The molecule has 0 aromatic heterocycles. The van der Waals surface area contributed by atoms with Crippen LogP contribution in [0, 0.1) is 11.8 Å². The number of carbonyl (C=O) groups is 1. The molecule has 3 heteroatoms. The minimum Gasteiger partial charge on any atom is -0.481 e. The normalized spacial score (nSPS) is 23.0. The van der Waals surface area contributed by atoms with E-state index in [0.29, 0.717) is 5.92 Å². The zero-order chi connectivity index (χ0) is 14.2. The summed E-state index contributed by atoms with van der Waals surface area (Å²) in [5, 5.41) is 12.4. The topological polar surface area (TPSA) is 49.3 Å². The highest BCUT2D eigenvalue weighted by atomic mass is 16.4. The Bertz CT molecular complexity index is 434. The third kappa shape index (κ3) is 4.82. The first kappa shape index (κ1) is 14.8. The summed E-state index contributed by atoms with van der Waals surface area (Å²) in [5.41, 5.74) is 1.22. The molecule has 3 nitrogen and oxygen atoms in total. The van der Waals surface area contributed by atoms with E-state index in [4.69, 9.17) is 5.11 Å². The second-order valence-corrected chi connectivity index (χ2v) is 5.53. The average molecular weight is 273 g/mol. The summed E-state index contributed by atoms with van der Waals surface area (Å²) in [6.07, 6.45) is 7.99. The van der Waals surface area contributed by atoms with Crippen LogP contribution in [0.15, 0.2) is 36.4 Å². The third-order valence-electron chi connectivity index (χ3n) is 4.00. The van der Waals surface area contributed by atoms with E-state index in [-0.39, 0.29) is 5.92 Å². The lowest BCUT2D eigenvalue weighted by molar-refractivity contribution is -0.143. The Labute approximate surface area is 120 Å². The molecule has 0 aliphatic heterocycles. The van der Waals surface area contributed by atoms with Crippen LogP contribution in [0.5, 0.6) is 0 Å². The SMILES string of the molecule is O=C(O)C1CCC(CNC/C=C/c2ccccc2)CC1. The van der Waals surface area contributed by atoms with Gasteiger partial charge < -0.3 is 10.4 Å².